The molecule has 2 rings (SSSR count). The Hall–Kier alpha value is -1.90. The first-order chi connectivity index (χ1) is 10.2. The number of amides is 1. The highest BCUT2D eigenvalue weighted by Gasteiger charge is 2.16. The van der Waals surface area contributed by atoms with Gasteiger partial charge in [-0.15, -0.1) is 0 Å². The first-order valence-electron chi connectivity index (χ1n) is 7.29. The molecule has 5 nitrogen and oxygen atoms in total. The van der Waals surface area contributed by atoms with Crippen molar-refractivity contribution in [2.45, 2.75) is 19.4 Å². The van der Waals surface area contributed by atoms with Crippen LogP contribution in [-0.4, -0.2) is 43.7 Å². The van der Waals surface area contributed by atoms with Gasteiger partial charge in [0.1, 0.15) is 0 Å². The molecule has 1 aromatic carbocycles. The smallest absolute Gasteiger partial charge is 0.224 e. The molecule has 0 aliphatic carbocycles. The van der Waals surface area contributed by atoms with Crippen molar-refractivity contribution < 1.29 is 9.53 Å². The van der Waals surface area contributed by atoms with Gasteiger partial charge in [-0.2, -0.15) is 5.26 Å². The van der Waals surface area contributed by atoms with Crippen molar-refractivity contribution in [1.29, 1.82) is 5.26 Å². The van der Waals surface area contributed by atoms with Gasteiger partial charge in [0.05, 0.1) is 24.8 Å². The summed E-state index contributed by atoms with van der Waals surface area (Å²) in [5, 5.41) is 12.2. The fourth-order valence-electron chi connectivity index (χ4n) is 2.36. The van der Waals surface area contributed by atoms with E-state index in [0.29, 0.717) is 44.8 Å². The lowest BCUT2D eigenvalue weighted by atomic mass is 10.1. The van der Waals surface area contributed by atoms with Crippen LogP contribution in [0.1, 0.15) is 30.5 Å². The standard InChI is InChI=1S/C16H21N3O2/c1-13(15-4-2-3-14(11-15)12-17)18-6-5-16(20)19-7-9-21-10-8-19/h2-4,11,13,18H,5-10H2,1H3. The molecule has 1 heterocycles. The Kier molecular flexibility index (Phi) is 5.73. The highest BCUT2D eigenvalue weighted by atomic mass is 16.5. The number of rotatable bonds is 5. The maximum atomic E-state index is 12.0. The number of nitrogens with one attached hydrogen (secondary N) is 1. The predicted molar refractivity (Wildman–Crippen MR) is 79.6 cm³/mol. The van der Waals surface area contributed by atoms with Crippen LogP contribution in [0.2, 0.25) is 0 Å². The quantitative estimate of drug-likeness (QED) is 0.890. The molecule has 1 fully saturated rings. The van der Waals surface area contributed by atoms with Crippen molar-refractivity contribution in [1.82, 2.24) is 10.2 Å². The van der Waals surface area contributed by atoms with Crippen LogP contribution in [0.15, 0.2) is 24.3 Å². The average Bonchev–Trinajstić information content (AvgIpc) is 2.55. The number of ether oxygens (including phenoxy) is 1. The number of nitriles is 1. The van der Waals surface area contributed by atoms with E-state index < -0.39 is 0 Å². The Morgan fingerprint density at radius 1 is 1.48 bits per heavy atom. The Bertz CT molecular complexity index is 518. The lowest BCUT2D eigenvalue weighted by molar-refractivity contribution is -0.135. The summed E-state index contributed by atoms with van der Waals surface area (Å²) in [5.74, 6) is 0.170. The minimum atomic E-state index is 0.121. The molecule has 1 aliphatic rings. The molecule has 1 amide bonds. The van der Waals surface area contributed by atoms with Crippen LogP contribution in [0, 0.1) is 11.3 Å². The van der Waals surface area contributed by atoms with E-state index in [4.69, 9.17) is 10.00 Å². The summed E-state index contributed by atoms with van der Waals surface area (Å²) in [6, 6.07) is 9.79. The van der Waals surface area contributed by atoms with Gasteiger partial charge in [-0.25, -0.2) is 0 Å². The normalized spacial score (nSPS) is 16.3. The molecule has 5 heteroatoms. The summed E-state index contributed by atoms with van der Waals surface area (Å²) >= 11 is 0. The van der Waals surface area contributed by atoms with E-state index in [1.165, 1.54) is 0 Å². The van der Waals surface area contributed by atoms with Gasteiger partial charge >= 0.3 is 0 Å². The lowest BCUT2D eigenvalue weighted by Gasteiger charge is -2.27. The average molecular weight is 287 g/mol. The van der Waals surface area contributed by atoms with Crippen molar-refractivity contribution in [2.75, 3.05) is 32.8 Å². The SMILES string of the molecule is CC(NCCC(=O)N1CCOCC1)c1cccc(C#N)c1. The second-order valence-corrected chi connectivity index (χ2v) is 5.16. The molecule has 1 N–H and O–H groups in total. The number of hydrogen-bond donors (Lipinski definition) is 1. The van der Waals surface area contributed by atoms with Crippen molar-refractivity contribution in [3.63, 3.8) is 0 Å². The number of carbonyl (C=O) groups excluding carboxylic acids is 1. The monoisotopic (exact) mass is 287 g/mol. The second kappa shape index (κ2) is 7.77. The molecule has 0 radical (unpaired) electrons. The third-order valence-electron chi connectivity index (χ3n) is 3.67. The summed E-state index contributed by atoms with van der Waals surface area (Å²) in [6.45, 7) is 5.33. The van der Waals surface area contributed by atoms with Crippen LogP contribution in [0.5, 0.6) is 0 Å². The van der Waals surface area contributed by atoms with E-state index in [1.807, 2.05) is 30.0 Å². The Labute approximate surface area is 125 Å². The van der Waals surface area contributed by atoms with E-state index >= 15 is 0 Å². The summed E-state index contributed by atoms with van der Waals surface area (Å²) < 4.78 is 5.24. The van der Waals surface area contributed by atoms with Crippen molar-refractivity contribution in [3.8, 4) is 6.07 Å². The molecular weight excluding hydrogens is 266 g/mol. The molecule has 0 saturated carbocycles. The fourth-order valence-corrected chi connectivity index (χ4v) is 2.36. The van der Waals surface area contributed by atoms with E-state index in [1.54, 1.807) is 6.07 Å². The second-order valence-electron chi connectivity index (χ2n) is 5.16. The van der Waals surface area contributed by atoms with Crippen LogP contribution >= 0.6 is 0 Å². The van der Waals surface area contributed by atoms with E-state index in [2.05, 4.69) is 11.4 Å². The molecule has 1 unspecified atom stereocenters. The summed E-state index contributed by atoms with van der Waals surface area (Å²) in [4.78, 5) is 13.9. The van der Waals surface area contributed by atoms with Gasteiger partial charge in [-0.05, 0) is 24.6 Å². The largest absolute Gasteiger partial charge is 0.378 e. The molecule has 21 heavy (non-hydrogen) atoms. The van der Waals surface area contributed by atoms with Crippen molar-refractivity contribution in [2.24, 2.45) is 0 Å². The first-order valence-corrected chi connectivity index (χ1v) is 7.29. The number of morpholine rings is 1. The maximum Gasteiger partial charge on any atom is 0.224 e. The van der Waals surface area contributed by atoms with Gasteiger partial charge in [-0.3, -0.25) is 4.79 Å². The maximum absolute atomic E-state index is 12.0. The van der Waals surface area contributed by atoms with E-state index in [-0.39, 0.29) is 11.9 Å². The summed E-state index contributed by atoms with van der Waals surface area (Å²) in [5.41, 5.74) is 1.72. The molecule has 0 aromatic heterocycles. The molecule has 1 aliphatic heterocycles. The molecule has 112 valence electrons. The number of carbonyl (C=O) groups is 1. The highest BCUT2D eigenvalue weighted by molar-refractivity contribution is 5.76. The predicted octanol–water partition coefficient (Wildman–Crippen LogP) is 1.46. The zero-order valence-electron chi connectivity index (χ0n) is 12.3. The minimum absolute atomic E-state index is 0.121. The van der Waals surface area contributed by atoms with E-state index in [9.17, 15) is 4.79 Å². The molecule has 0 spiro atoms. The van der Waals surface area contributed by atoms with Gasteiger partial charge in [-0.1, -0.05) is 12.1 Å². The Morgan fingerprint density at radius 2 is 2.24 bits per heavy atom. The van der Waals surface area contributed by atoms with Crippen LogP contribution in [0.25, 0.3) is 0 Å². The van der Waals surface area contributed by atoms with Crippen LogP contribution in [0.3, 0.4) is 0 Å². The lowest BCUT2D eigenvalue weighted by Crippen LogP contribution is -2.41. The molecule has 1 saturated heterocycles. The molecule has 1 atom stereocenters. The zero-order chi connectivity index (χ0) is 15.1. The summed E-state index contributed by atoms with van der Waals surface area (Å²) in [6.07, 6.45) is 0.488. The van der Waals surface area contributed by atoms with Gasteiger partial charge in [0.15, 0.2) is 0 Å². The molecule has 1 aromatic rings. The van der Waals surface area contributed by atoms with Gasteiger partial charge < -0.3 is 15.0 Å². The topological polar surface area (TPSA) is 65.4 Å². The number of hydrogen-bond acceptors (Lipinski definition) is 4. The van der Waals surface area contributed by atoms with Crippen LogP contribution in [0.4, 0.5) is 0 Å². The van der Waals surface area contributed by atoms with Crippen molar-refractivity contribution in [3.05, 3.63) is 35.4 Å². The van der Waals surface area contributed by atoms with Gasteiger partial charge in [0.2, 0.25) is 5.91 Å². The van der Waals surface area contributed by atoms with Gasteiger partial charge in [0.25, 0.3) is 0 Å². The number of benzene rings is 1. The highest BCUT2D eigenvalue weighted by Crippen LogP contribution is 2.13. The third kappa shape index (κ3) is 4.55. The van der Waals surface area contributed by atoms with Crippen LogP contribution in [-0.2, 0) is 9.53 Å². The molecular formula is C16H21N3O2. The first kappa shape index (κ1) is 15.5. The summed E-state index contributed by atoms with van der Waals surface area (Å²) in [7, 11) is 0. The Balaban J connectivity index is 1.77. The number of nitrogens with zero attached hydrogens (tertiary/aromatic N) is 2. The molecule has 0 bridgehead atoms. The van der Waals surface area contributed by atoms with E-state index in [0.717, 1.165) is 5.56 Å². The minimum Gasteiger partial charge on any atom is -0.378 e. The van der Waals surface area contributed by atoms with Crippen LogP contribution < -0.4 is 5.32 Å². The third-order valence-corrected chi connectivity index (χ3v) is 3.67. The zero-order valence-corrected chi connectivity index (χ0v) is 12.3. The fraction of sp³-hybridized carbons (Fsp3) is 0.500. The Morgan fingerprint density at radius 3 is 2.95 bits per heavy atom. The van der Waals surface area contributed by atoms with Crippen molar-refractivity contribution >= 4 is 5.91 Å². The van der Waals surface area contributed by atoms with Gasteiger partial charge in [0, 0.05) is 32.1 Å².